The molecule has 0 amide bonds. The van der Waals surface area contributed by atoms with Crippen molar-refractivity contribution in [3.05, 3.63) is 35.9 Å². The first-order valence-electron chi connectivity index (χ1n) is 16.1. The van der Waals surface area contributed by atoms with Crippen molar-refractivity contribution in [1.82, 2.24) is 0 Å². The van der Waals surface area contributed by atoms with E-state index in [0.717, 1.165) is 32.1 Å². The lowest BCUT2D eigenvalue weighted by atomic mass is 9.81. The molecule has 0 aromatic heterocycles. The number of hydrogen-bond acceptors (Lipinski definition) is 5. The van der Waals surface area contributed by atoms with Crippen LogP contribution >= 0.6 is 0 Å². The summed E-state index contributed by atoms with van der Waals surface area (Å²) < 4.78 is 11.3. The van der Waals surface area contributed by atoms with E-state index in [0.29, 0.717) is 12.3 Å². The zero-order chi connectivity index (χ0) is 28.2. The molecule has 0 spiro atoms. The van der Waals surface area contributed by atoms with Crippen molar-refractivity contribution in [3.63, 3.8) is 0 Å². The van der Waals surface area contributed by atoms with Crippen molar-refractivity contribution < 1.29 is 24.0 Å². The molecule has 0 heterocycles. The van der Waals surface area contributed by atoms with Gasteiger partial charge in [-0.25, -0.2) is 9.78 Å². The Morgan fingerprint density at radius 3 is 2.08 bits per heavy atom. The van der Waals surface area contributed by atoms with Gasteiger partial charge in [-0.2, -0.15) is 0 Å². The van der Waals surface area contributed by atoms with Crippen molar-refractivity contribution in [3.8, 4) is 0 Å². The molecule has 2 rings (SSSR count). The molecule has 0 aliphatic heterocycles. The van der Waals surface area contributed by atoms with E-state index in [9.17, 15) is 4.79 Å². The Balaban J connectivity index is 1.67. The Bertz CT molecular complexity index is 734. The first-order chi connectivity index (χ1) is 18.9. The minimum absolute atomic E-state index is 0.0885. The Labute approximate surface area is 239 Å². The van der Waals surface area contributed by atoms with Crippen LogP contribution in [0.15, 0.2) is 30.3 Å². The Kier molecular flexibility index (Phi) is 17.7. The minimum Gasteiger partial charge on any atom is -0.469 e. The maximum absolute atomic E-state index is 11.2. The standard InChI is InChI=1S/C34H58O5/c1-5-6-15-24-30(25-18-12-10-8-7-9-11-13-19-28-33(35)36-4)38-39-34(2,3)37-32-27-21-20-26-31(32)29-22-16-14-17-23-29/h14,16-17,22-23,30-32H,5-13,15,18-21,24-28H2,1-4H3/t30-,31+,32-/m0/s1. The summed E-state index contributed by atoms with van der Waals surface area (Å²) in [7, 11) is 1.46. The third-order valence-electron chi connectivity index (χ3n) is 8.01. The van der Waals surface area contributed by atoms with Gasteiger partial charge in [-0.15, -0.1) is 0 Å². The zero-order valence-corrected chi connectivity index (χ0v) is 25.6. The molecule has 39 heavy (non-hydrogen) atoms. The van der Waals surface area contributed by atoms with E-state index in [-0.39, 0.29) is 18.2 Å². The number of unbranched alkanes of at least 4 members (excludes halogenated alkanes) is 10. The van der Waals surface area contributed by atoms with Gasteiger partial charge in [-0.1, -0.05) is 121 Å². The van der Waals surface area contributed by atoms with Crippen LogP contribution in [0.5, 0.6) is 0 Å². The highest BCUT2D eigenvalue weighted by Gasteiger charge is 2.34. The molecule has 0 radical (unpaired) electrons. The number of rotatable bonds is 22. The fourth-order valence-electron chi connectivity index (χ4n) is 5.73. The topological polar surface area (TPSA) is 54.0 Å². The van der Waals surface area contributed by atoms with Crippen LogP contribution in [-0.4, -0.2) is 31.1 Å². The maximum Gasteiger partial charge on any atom is 0.305 e. The normalized spacial score (nSPS) is 18.7. The second kappa shape index (κ2) is 20.4. The van der Waals surface area contributed by atoms with E-state index in [4.69, 9.17) is 19.2 Å². The van der Waals surface area contributed by atoms with Crippen LogP contribution in [0.3, 0.4) is 0 Å². The van der Waals surface area contributed by atoms with Crippen LogP contribution in [0, 0.1) is 0 Å². The first kappa shape index (κ1) is 33.8. The summed E-state index contributed by atoms with van der Waals surface area (Å²) in [5.41, 5.74) is 1.37. The van der Waals surface area contributed by atoms with Gasteiger partial charge >= 0.3 is 5.97 Å². The van der Waals surface area contributed by atoms with Crippen molar-refractivity contribution in [2.45, 2.75) is 167 Å². The van der Waals surface area contributed by atoms with E-state index >= 15 is 0 Å². The molecule has 1 saturated carbocycles. The third-order valence-corrected chi connectivity index (χ3v) is 8.01. The molecule has 3 atom stereocenters. The number of ether oxygens (including phenoxy) is 2. The van der Waals surface area contributed by atoms with Crippen LogP contribution in [0.25, 0.3) is 0 Å². The molecular formula is C34H58O5. The quantitative estimate of drug-likeness (QED) is 0.0476. The Hall–Kier alpha value is -1.43. The van der Waals surface area contributed by atoms with Crippen molar-refractivity contribution in [1.29, 1.82) is 0 Å². The van der Waals surface area contributed by atoms with Crippen LogP contribution in [-0.2, 0) is 24.0 Å². The van der Waals surface area contributed by atoms with Gasteiger partial charge in [0, 0.05) is 12.3 Å². The van der Waals surface area contributed by atoms with Gasteiger partial charge in [0.1, 0.15) is 0 Å². The molecule has 5 heteroatoms. The summed E-state index contributed by atoms with van der Waals surface area (Å²) in [6.45, 7) is 6.25. The lowest BCUT2D eigenvalue weighted by Crippen LogP contribution is -2.38. The number of carbonyl (C=O) groups excluding carboxylic acids is 1. The lowest BCUT2D eigenvalue weighted by Gasteiger charge is -2.37. The average Bonchev–Trinajstić information content (AvgIpc) is 2.94. The van der Waals surface area contributed by atoms with Crippen molar-refractivity contribution >= 4 is 5.97 Å². The predicted molar refractivity (Wildman–Crippen MR) is 160 cm³/mol. The molecule has 0 bridgehead atoms. The van der Waals surface area contributed by atoms with Gasteiger partial charge < -0.3 is 9.47 Å². The highest BCUT2D eigenvalue weighted by atomic mass is 17.2. The molecule has 0 N–H and O–H groups in total. The van der Waals surface area contributed by atoms with Crippen molar-refractivity contribution in [2.75, 3.05) is 7.11 Å². The SMILES string of the molecule is CCCCC[C@@H](CCCCCCCCCCCC(=O)OC)OOC(C)(C)O[C@H]1CCCC[C@@H]1c1ccccc1. The van der Waals surface area contributed by atoms with Crippen LogP contribution < -0.4 is 0 Å². The molecule has 224 valence electrons. The van der Waals surface area contributed by atoms with Gasteiger partial charge in [0.05, 0.1) is 19.3 Å². The first-order valence-corrected chi connectivity index (χ1v) is 16.1. The largest absolute Gasteiger partial charge is 0.469 e. The Morgan fingerprint density at radius 1 is 0.846 bits per heavy atom. The number of carbonyl (C=O) groups is 1. The summed E-state index contributed by atoms with van der Waals surface area (Å²) in [5, 5.41) is 0. The average molecular weight is 547 g/mol. The van der Waals surface area contributed by atoms with E-state index < -0.39 is 5.79 Å². The van der Waals surface area contributed by atoms with E-state index in [1.807, 2.05) is 13.8 Å². The highest BCUT2D eigenvalue weighted by Crippen LogP contribution is 2.37. The fourth-order valence-corrected chi connectivity index (χ4v) is 5.73. The molecule has 1 aliphatic rings. The number of benzene rings is 1. The Morgan fingerprint density at radius 2 is 1.44 bits per heavy atom. The summed E-state index contributed by atoms with van der Waals surface area (Å²) >= 11 is 0. The second-order valence-corrected chi connectivity index (χ2v) is 12.0. The second-order valence-electron chi connectivity index (χ2n) is 12.0. The molecule has 1 aromatic carbocycles. The summed E-state index contributed by atoms with van der Waals surface area (Å²) in [6.07, 6.45) is 22.1. The van der Waals surface area contributed by atoms with E-state index in [2.05, 4.69) is 37.3 Å². The minimum atomic E-state index is -0.769. The summed E-state index contributed by atoms with van der Waals surface area (Å²) in [4.78, 5) is 23.3. The highest BCUT2D eigenvalue weighted by molar-refractivity contribution is 5.68. The molecule has 5 nitrogen and oxygen atoms in total. The smallest absolute Gasteiger partial charge is 0.305 e. The molecule has 1 fully saturated rings. The molecule has 0 saturated heterocycles. The third kappa shape index (κ3) is 15.2. The van der Waals surface area contributed by atoms with Gasteiger partial charge in [0.2, 0.25) is 0 Å². The maximum atomic E-state index is 11.2. The monoisotopic (exact) mass is 546 g/mol. The van der Waals surface area contributed by atoms with Gasteiger partial charge in [0.15, 0.2) is 5.79 Å². The number of methoxy groups -OCH3 is 1. The van der Waals surface area contributed by atoms with Crippen LogP contribution in [0.2, 0.25) is 0 Å². The molecular weight excluding hydrogens is 488 g/mol. The number of esters is 1. The van der Waals surface area contributed by atoms with Crippen molar-refractivity contribution in [2.24, 2.45) is 0 Å². The van der Waals surface area contributed by atoms with Crippen LogP contribution in [0.4, 0.5) is 0 Å². The lowest BCUT2D eigenvalue weighted by molar-refractivity contribution is -0.443. The van der Waals surface area contributed by atoms with E-state index in [1.165, 1.54) is 96.1 Å². The van der Waals surface area contributed by atoms with Gasteiger partial charge in [0.25, 0.3) is 0 Å². The number of hydrogen-bond donors (Lipinski definition) is 0. The van der Waals surface area contributed by atoms with Gasteiger partial charge in [-0.05, 0) is 51.5 Å². The predicted octanol–water partition coefficient (Wildman–Crippen LogP) is 9.83. The van der Waals surface area contributed by atoms with E-state index in [1.54, 1.807) is 0 Å². The molecule has 0 unspecified atom stereocenters. The fraction of sp³-hybridized carbons (Fsp3) is 0.794. The summed E-state index contributed by atoms with van der Waals surface area (Å²) in [5.74, 6) is -0.438. The van der Waals surface area contributed by atoms with Crippen LogP contribution in [0.1, 0.15) is 154 Å². The summed E-state index contributed by atoms with van der Waals surface area (Å²) in [6, 6.07) is 10.8. The van der Waals surface area contributed by atoms with Gasteiger partial charge in [-0.3, -0.25) is 4.79 Å². The molecule has 1 aromatic rings. The molecule has 1 aliphatic carbocycles. The zero-order valence-electron chi connectivity index (χ0n) is 25.6.